The van der Waals surface area contributed by atoms with E-state index in [-0.39, 0.29) is 0 Å². The number of hydrogen-bond acceptors (Lipinski definition) is 1. The molecule has 0 aliphatic rings. The number of rotatable bonds is 0. The Bertz CT molecular complexity index is 389. The molecule has 2 aromatic rings. The minimum atomic E-state index is 0.334. The van der Waals surface area contributed by atoms with Crippen LogP contribution in [-0.4, -0.2) is 9.51 Å². The number of aromatic hydroxyl groups is 1. The maximum absolute atomic E-state index is 9.36. The SMILES string of the molecule is Cc1cc2c(O)cccn2c1. The molecule has 2 rings (SSSR count). The van der Waals surface area contributed by atoms with Gasteiger partial charge in [-0.2, -0.15) is 0 Å². The van der Waals surface area contributed by atoms with E-state index in [1.165, 1.54) is 0 Å². The third-order valence-corrected chi connectivity index (χ3v) is 1.75. The summed E-state index contributed by atoms with van der Waals surface area (Å²) in [6.45, 7) is 2.01. The van der Waals surface area contributed by atoms with Crippen LogP contribution in [0.5, 0.6) is 5.75 Å². The van der Waals surface area contributed by atoms with Crippen molar-refractivity contribution < 1.29 is 5.11 Å². The van der Waals surface area contributed by atoms with Crippen molar-refractivity contribution in [2.24, 2.45) is 0 Å². The van der Waals surface area contributed by atoms with Gasteiger partial charge in [0, 0.05) is 12.4 Å². The first kappa shape index (κ1) is 6.28. The van der Waals surface area contributed by atoms with Crippen LogP contribution in [0.4, 0.5) is 0 Å². The first-order valence-electron chi connectivity index (χ1n) is 3.53. The van der Waals surface area contributed by atoms with Crippen LogP contribution in [0.3, 0.4) is 0 Å². The minimum absolute atomic E-state index is 0.334. The molecule has 0 saturated heterocycles. The number of hydrogen-bond donors (Lipinski definition) is 1. The lowest BCUT2D eigenvalue weighted by molar-refractivity contribution is 0.479. The molecule has 0 fully saturated rings. The van der Waals surface area contributed by atoms with Gasteiger partial charge in [0.05, 0.1) is 5.52 Å². The standard InChI is InChI=1S/C9H9NO/c1-7-5-8-9(11)3-2-4-10(8)6-7/h2-6,11H,1H3. The van der Waals surface area contributed by atoms with Crippen LogP contribution in [0.2, 0.25) is 0 Å². The molecule has 2 nitrogen and oxygen atoms in total. The predicted octanol–water partition coefficient (Wildman–Crippen LogP) is 1.95. The second kappa shape index (κ2) is 2.02. The van der Waals surface area contributed by atoms with Crippen molar-refractivity contribution in [1.82, 2.24) is 4.40 Å². The molecule has 11 heavy (non-hydrogen) atoms. The van der Waals surface area contributed by atoms with Gasteiger partial charge in [0.1, 0.15) is 5.75 Å². The number of aromatic nitrogens is 1. The lowest BCUT2D eigenvalue weighted by Crippen LogP contribution is -1.78. The lowest BCUT2D eigenvalue weighted by atomic mass is 10.3. The van der Waals surface area contributed by atoms with E-state index in [4.69, 9.17) is 0 Å². The molecule has 1 N–H and O–H groups in total. The molecule has 0 amide bonds. The zero-order valence-electron chi connectivity index (χ0n) is 6.28. The molecule has 56 valence electrons. The van der Waals surface area contributed by atoms with Crippen molar-refractivity contribution in [2.75, 3.05) is 0 Å². The summed E-state index contributed by atoms with van der Waals surface area (Å²) in [4.78, 5) is 0. The van der Waals surface area contributed by atoms with Gasteiger partial charge in [0.15, 0.2) is 0 Å². The second-order valence-corrected chi connectivity index (χ2v) is 2.70. The Labute approximate surface area is 64.7 Å². The van der Waals surface area contributed by atoms with Crippen LogP contribution in [0.25, 0.3) is 5.52 Å². The van der Waals surface area contributed by atoms with Crippen molar-refractivity contribution >= 4 is 5.52 Å². The zero-order chi connectivity index (χ0) is 7.84. The molecule has 2 heteroatoms. The van der Waals surface area contributed by atoms with E-state index in [9.17, 15) is 5.11 Å². The summed E-state index contributed by atoms with van der Waals surface area (Å²) in [6, 6.07) is 5.46. The Morgan fingerprint density at radius 3 is 3.00 bits per heavy atom. The zero-order valence-corrected chi connectivity index (χ0v) is 6.28. The molecule has 2 aromatic heterocycles. The normalized spacial score (nSPS) is 10.6. The fourth-order valence-electron chi connectivity index (χ4n) is 1.26. The van der Waals surface area contributed by atoms with Crippen LogP contribution in [0.15, 0.2) is 30.6 Å². The number of nitrogens with zero attached hydrogens (tertiary/aromatic N) is 1. The van der Waals surface area contributed by atoms with Gasteiger partial charge in [-0.25, -0.2) is 0 Å². The Morgan fingerprint density at radius 1 is 1.45 bits per heavy atom. The molecule has 0 aliphatic carbocycles. The topological polar surface area (TPSA) is 24.6 Å². The molecule has 0 saturated carbocycles. The van der Waals surface area contributed by atoms with Crippen LogP contribution < -0.4 is 0 Å². The molecule has 0 bridgehead atoms. The highest BCUT2D eigenvalue weighted by atomic mass is 16.3. The quantitative estimate of drug-likeness (QED) is 0.605. The summed E-state index contributed by atoms with van der Waals surface area (Å²) >= 11 is 0. The largest absolute Gasteiger partial charge is 0.506 e. The van der Waals surface area contributed by atoms with Gasteiger partial charge < -0.3 is 9.51 Å². The van der Waals surface area contributed by atoms with Crippen LogP contribution >= 0.6 is 0 Å². The van der Waals surface area contributed by atoms with Gasteiger partial charge in [0.2, 0.25) is 0 Å². The molecule has 0 aromatic carbocycles. The average molecular weight is 147 g/mol. The average Bonchev–Trinajstić information content (AvgIpc) is 2.31. The third kappa shape index (κ3) is 0.871. The van der Waals surface area contributed by atoms with Gasteiger partial charge in [-0.3, -0.25) is 0 Å². The number of fused-ring (bicyclic) bond motifs is 1. The number of pyridine rings is 1. The molecule has 0 aliphatic heterocycles. The first-order chi connectivity index (χ1) is 5.27. The smallest absolute Gasteiger partial charge is 0.139 e. The van der Waals surface area contributed by atoms with Crippen LogP contribution in [-0.2, 0) is 0 Å². The highest BCUT2D eigenvalue weighted by Crippen LogP contribution is 2.19. The monoisotopic (exact) mass is 147 g/mol. The summed E-state index contributed by atoms with van der Waals surface area (Å²) in [7, 11) is 0. The molecule has 0 spiro atoms. The Hall–Kier alpha value is -1.44. The van der Waals surface area contributed by atoms with Crippen molar-refractivity contribution in [3.05, 3.63) is 36.2 Å². The summed E-state index contributed by atoms with van der Waals surface area (Å²) in [6.07, 6.45) is 3.90. The maximum atomic E-state index is 9.36. The summed E-state index contributed by atoms with van der Waals surface area (Å²) < 4.78 is 1.91. The minimum Gasteiger partial charge on any atom is -0.506 e. The van der Waals surface area contributed by atoms with Gasteiger partial charge in [0.25, 0.3) is 0 Å². The van der Waals surface area contributed by atoms with Crippen LogP contribution in [0, 0.1) is 6.92 Å². The van der Waals surface area contributed by atoms with E-state index in [1.807, 2.05) is 35.9 Å². The molecule has 0 radical (unpaired) electrons. The lowest BCUT2D eigenvalue weighted by Gasteiger charge is -1.94. The predicted molar refractivity (Wildman–Crippen MR) is 43.8 cm³/mol. The van der Waals surface area contributed by atoms with Crippen LogP contribution in [0.1, 0.15) is 5.56 Å². The fourth-order valence-corrected chi connectivity index (χ4v) is 1.26. The molecular formula is C9H9NO. The van der Waals surface area contributed by atoms with Crippen molar-refractivity contribution in [1.29, 1.82) is 0 Å². The highest BCUT2D eigenvalue weighted by molar-refractivity contribution is 5.60. The molecule has 2 heterocycles. The highest BCUT2D eigenvalue weighted by Gasteiger charge is 1.98. The van der Waals surface area contributed by atoms with Gasteiger partial charge in [-0.15, -0.1) is 0 Å². The van der Waals surface area contributed by atoms with E-state index in [2.05, 4.69) is 0 Å². The van der Waals surface area contributed by atoms with E-state index in [0.29, 0.717) is 5.75 Å². The third-order valence-electron chi connectivity index (χ3n) is 1.75. The molecular weight excluding hydrogens is 138 g/mol. The Balaban J connectivity index is 2.90. The Morgan fingerprint density at radius 2 is 2.27 bits per heavy atom. The van der Waals surface area contributed by atoms with E-state index in [1.54, 1.807) is 6.07 Å². The molecule has 0 atom stereocenters. The molecule has 0 unspecified atom stereocenters. The number of aryl methyl sites for hydroxylation is 1. The van der Waals surface area contributed by atoms with Crippen molar-refractivity contribution in [3.8, 4) is 5.75 Å². The van der Waals surface area contributed by atoms with Gasteiger partial charge >= 0.3 is 0 Å². The van der Waals surface area contributed by atoms with E-state index < -0.39 is 0 Å². The summed E-state index contributed by atoms with van der Waals surface area (Å²) in [5.41, 5.74) is 2.02. The van der Waals surface area contributed by atoms with E-state index >= 15 is 0 Å². The summed E-state index contributed by atoms with van der Waals surface area (Å²) in [5, 5.41) is 9.36. The van der Waals surface area contributed by atoms with Gasteiger partial charge in [-0.1, -0.05) is 0 Å². The Kier molecular flexibility index (Phi) is 1.15. The fraction of sp³-hybridized carbons (Fsp3) is 0.111. The second-order valence-electron chi connectivity index (χ2n) is 2.70. The van der Waals surface area contributed by atoms with Gasteiger partial charge in [-0.05, 0) is 30.7 Å². The summed E-state index contributed by atoms with van der Waals surface area (Å²) in [5.74, 6) is 0.334. The van der Waals surface area contributed by atoms with Crippen molar-refractivity contribution in [3.63, 3.8) is 0 Å². The van der Waals surface area contributed by atoms with Crippen molar-refractivity contribution in [2.45, 2.75) is 6.92 Å². The van der Waals surface area contributed by atoms with E-state index in [0.717, 1.165) is 11.1 Å². The first-order valence-corrected chi connectivity index (χ1v) is 3.53. The maximum Gasteiger partial charge on any atom is 0.139 e.